The largest absolute Gasteiger partial charge is 0.497 e. The summed E-state index contributed by atoms with van der Waals surface area (Å²) >= 11 is 6.47. The zero-order chi connectivity index (χ0) is 23.1. The van der Waals surface area contributed by atoms with E-state index in [-0.39, 0.29) is 24.4 Å². The van der Waals surface area contributed by atoms with Crippen LogP contribution in [0.4, 0.5) is 0 Å². The number of ether oxygens (including phenoxy) is 2. The van der Waals surface area contributed by atoms with E-state index in [1.165, 1.54) is 9.91 Å². The summed E-state index contributed by atoms with van der Waals surface area (Å²) in [6, 6.07) is 14.6. The summed E-state index contributed by atoms with van der Waals surface area (Å²) in [6.07, 6.45) is 0.811. The maximum absolute atomic E-state index is 13.4. The molecule has 0 spiro atoms. The van der Waals surface area contributed by atoms with Gasteiger partial charge in [-0.1, -0.05) is 48.9 Å². The first kappa shape index (κ1) is 23.8. The van der Waals surface area contributed by atoms with Gasteiger partial charge in [-0.05, 0) is 23.8 Å². The van der Waals surface area contributed by atoms with Crippen molar-refractivity contribution in [1.82, 2.24) is 9.91 Å². The van der Waals surface area contributed by atoms with Gasteiger partial charge in [-0.3, -0.25) is 9.59 Å². The van der Waals surface area contributed by atoms with E-state index >= 15 is 0 Å². The fraction of sp³-hybridized carbons (Fsp3) is 0.375. The lowest BCUT2D eigenvalue weighted by atomic mass is 9.98. The molecule has 0 saturated carbocycles. The van der Waals surface area contributed by atoms with Crippen molar-refractivity contribution in [3.05, 3.63) is 64.7 Å². The van der Waals surface area contributed by atoms with Gasteiger partial charge in [-0.25, -0.2) is 5.01 Å². The Balaban J connectivity index is 1.93. The van der Waals surface area contributed by atoms with Gasteiger partial charge < -0.3 is 14.4 Å². The topological polar surface area (TPSA) is 71.4 Å². The molecule has 2 aromatic carbocycles. The zero-order valence-corrected chi connectivity index (χ0v) is 19.3. The van der Waals surface area contributed by atoms with Crippen LogP contribution >= 0.6 is 11.6 Å². The number of nitrogens with zero attached hydrogens (tertiary/aromatic N) is 3. The Morgan fingerprint density at radius 3 is 2.66 bits per heavy atom. The molecule has 0 saturated heterocycles. The molecule has 2 amide bonds. The minimum absolute atomic E-state index is 0.0775. The molecule has 1 atom stereocenters. The van der Waals surface area contributed by atoms with E-state index in [2.05, 4.69) is 5.10 Å². The predicted octanol–water partition coefficient (Wildman–Crippen LogP) is 3.91. The summed E-state index contributed by atoms with van der Waals surface area (Å²) in [4.78, 5) is 27.2. The van der Waals surface area contributed by atoms with Crippen LogP contribution in [0.25, 0.3) is 0 Å². The number of halogens is 1. The molecule has 8 heteroatoms. The number of amides is 2. The first-order valence-corrected chi connectivity index (χ1v) is 10.9. The van der Waals surface area contributed by atoms with Crippen LogP contribution < -0.4 is 4.74 Å². The second-order valence-corrected chi connectivity index (χ2v) is 7.83. The van der Waals surface area contributed by atoms with Crippen LogP contribution in [0, 0.1) is 0 Å². The van der Waals surface area contributed by atoms with Crippen molar-refractivity contribution < 1.29 is 19.1 Å². The minimum atomic E-state index is -0.363. The van der Waals surface area contributed by atoms with E-state index in [1.807, 2.05) is 42.5 Å². The van der Waals surface area contributed by atoms with E-state index < -0.39 is 0 Å². The molecule has 0 aliphatic carbocycles. The Morgan fingerprint density at radius 1 is 1.19 bits per heavy atom. The lowest BCUT2D eigenvalue weighted by Crippen LogP contribution is -2.42. The van der Waals surface area contributed by atoms with Crippen molar-refractivity contribution in [3.63, 3.8) is 0 Å². The van der Waals surface area contributed by atoms with Crippen LogP contribution in [-0.4, -0.2) is 61.4 Å². The maximum atomic E-state index is 13.4. The molecule has 1 aliphatic rings. The third-order valence-corrected chi connectivity index (χ3v) is 5.72. The van der Waals surface area contributed by atoms with Crippen LogP contribution in [0.2, 0.25) is 5.02 Å². The van der Waals surface area contributed by atoms with E-state index in [0.717, 1.165) is 16.8 Å². The quantitative estimate of drug-likeness (QED) is 0.572. The Labute approximate surface area is 193 Å². The molecule has 170 valence electrons. The molecule has 0 fully saturated rings. The number of carbonyl (C=O) groups is 2. The third kappa shape index (κ3) is 5.47. The lowest BCUT2D eigenvalue weighted by molar-refractivity contribution is -0.141. The Bertz CT molecular complexity index is 995. The highest BCUT2D eigenvalue weighted by molar-refractivity contribution is 6.31. The minimum Gasteiger partial charge on any atom is -0.497 e. The molecule has 2 aromatic rings. The number of hydrazone groups is 1. The van der Waals surface area contributed by atoms with Gasteiger partial charge in [0.1, 0.15) is 12.3 Å². The average molecular weight is 458 g/mol. The molecule has 7 nitrogen and oxygen atoms in total. The normalized spacial score (nSPS) is 15.4. The summed E-state index contributed by atoms with van der Waals surface area (Å²) in [7, 11) is 3.17. The predicted molar refractivity (Wildman–Crippen MR) is 124 cm³/mol. The van der Waals surface area contributed by atoms with E-state index in [9.17, 15) is 9.59 Å². The first-order valence-electron chi connectivity index (χ1n) is 10.5. The number of methoxy groups -OCH3 is 2. The van der Waals surface area contributed by atoms with Crippen molar-refractivity contribution in [3.8, 4) is 5.75 Å². The Kier molecular flexibility index (Phi) is 8.25. The van der Waals surface area contributed by atoms with Gasteiger partial charge in [0, 0.05) is 37.1 Å². The van der Waals surface area contributed by atoms with Crippen molar-refractivity contribution in [2.45, 2.75) is 25.8 Å². The summed E-state index contributed by atoms with van der Waals surface area (Å²) in [5.41, 5.74) is 2.44. The summed E-state index contributed by atoms with van der Waals surface area (Å²) < 4.78 is 10.4. The zero-order valence-electron chi connectivity index (χ0n) is 18.6. The van der Waals surface area contributed by atoms with Crippen molar-refractivity contribution in [2.75, 3.05) is 33.9 Å². The van der Waals surface area contributed by atoms with Crippen molar-refractivity contribution in [1.29, 1.82) is 0 Å². The summed E-state index contributed by atoms with van der Waals surface area (Å²) in [5.74, 6) is 0.329. The van der Waals surface area contributed by atoms with Gasteiger partial charge in [0.25, 0.3) is 5.91 Å². The summed E-state index contributed by atoms with van der Waals surface area (Å²) in [5, 5.41) is 6.69. The highest BCUT2D eigenvalue weighted by Gasteiger charge is 2.35. The van der Waals surface area contributed by atoms with Gasteiger partial charge in [0.05, 0.1) is 25.5 Å². The van der Waals surface area contributed by atoms with Crippen LogP contribution in [0.15, 0.2) is 53.6 Å². The molecule has 1 heterocycles. The van der Waals surface area contributed by atoms with Crippen LogP contribution in [0.1, 0.15) is 36.9 Å². The van der Waals surface area contributed by atoms with Gasteiger partial charge in [0.2, 0.25) is 5.91 Å². The van der Waals surface area contributed by atoms with Crippen LogP contribution in [0.5, 0.6) is 5.75 Å². The number of benzene rings is 2. The molecule has 32 heavy (non-hydrogen) atoms. The van der Waals surface area contributed by atoms with Crippen LogP contribution in [0.3, 0.4) is 0 Å². The molecule has 0 unspecified atom stereocenters. The Morgan fingerprint density at radius 2 is 1.97 bits per heavy atom. The van der Waals surface area contributed by atoms with Crippen molar-refractivity contribution in [2.24, 2.45) is 5.10 Å². The molecular weight excluding hydrogens is 430 g/mol. The standard InChI is InChI=1S/C24H28ClN3O4/c1-4-23(29)27(12-13-31-2)16-24(30)28-22(19-10-5-6-11-20(19)25)15-21(26-28)17-8-7-9-18(14-17)32-3/h5-11,14,22H,4,12-13,15-16H2,1-3H3/t22-/m0/s1. The molecule has 1 aliphatic heterocycles. The SMILES string of the molecule is CCC(=O)N(CCOC)CC(=O)N1N=C(c2cccc(OC)c2)C[C@H]1c1ccccc1Cl. The number of hydrogen-bond acceptors (Lipinski definition) is 5. The smallest absolute Gasteiger partial charge is 0.262 e. The fourth-order valence-corrected chi connectivity index (χ4v) is 3.92. The second-order valence-electron chi connectivity index (χ2n) is 7.42. The average Bonchev–Trinajstić information content (AvgIpc) is 3.27. The van der Waals surface area contributed by atoms with Crippen molar-refractivity contribution >= 4 is 29.1 Å². The molecule has 0 radical (unpaired) electrons. The van der Waals surface area contributed by atoms with E-state index in [1.54, 1.807) is 27.2 Å². The second kappa shape index (κ2) is 11.1. The first-order chi connectivity index (χ1) is 15.5. The highest BCUT2D eigenvalue weighted by Crippen LogP contribution is 2.36. The molecule has 3 rings (SSSR count). The monoisotopic (exact) mass is 457 g/mol. The number of hydrogen-bond donors (Lipinski definition) is 0. The van der Waals surface area contributed by atoms with Gasteiger partial charge in [-0.2, -0.15) is 5.10 Å². The van der Waals surface area contributed by atoms with Gasteiger partial charge in [0.15, 0.2) is 0 Å². The Hall–Kier alpha value is -2.90. The maximum Gasteiger partial charge on any atom is 0.262 e. The molecule has 0 bridgehead atoms. The molecular formula is C24H28ClN3O4. The van der Waals surface area contributed by atoms with Gasteiger partial charge in [-0.15, -0.1) is 0 Å². The van der Waals surface area contributed by atoms with E-state index in [0.29, 0.717) is 36.8 Å². The number of carbonyl (C=O) groups excluding carboxylic acids is 2. The highest BCUT2D eigenvalue weighted by atomic mass is 35.5. The molecule has 0 N–H and O–H groups in total. The van der Waals surface area contributed by atoms with E-state index in [4.69, 9.17) is 21.1 Å². The van der Waals surface area contributed by atoms with Gasteiger partial charge >= 0.3 is 0 Å². The lowest BCUT2D eigenvalue weighted by Gasteiger charge is -2.27. The van der Waals surface area contributed by atoms with Crippen LogP contribution in [-0.2, 0) is 14.3 Å². The third-order valence-electron chi connectivity index (χ3n) is 5.38. The fourth-order valence-electron chi connectivity index (χ4n) is 3.66. The summed E-state index contributed by atoms with van der Waals surface area (Å²) in [6.45, 7) is 2.39. The molecule has 0 aromatic heterocycles. The number of rotatable bonds is 9.